The van der Waals surface area contributed by atoms with Crippen molar-refractivity contribution >= 4 is 39.3 Å². The van der Waals surface area contributed by atoms with Crippen LogP contribution in [0.5, 0.6) is 5.75 Å². The number of rotatable bonds is 14. The molecule has 2 aromatic carbocycles. The number of amides is 1. The first-order valence-corrected chi connectivity index (χ1v) is 15.7. The van der Waals surface area contributed by atoms with Gasteiger partial charge in [-0.05, 0) is 67.8 Å². The molecule has 2 aliphatic rings. The van der Waals surface area contributed by atoms with Crippen LogP contribution >= 0.6 is 23.2 Å². The van der Waals surface area contributed by atoms with Gasteiger partial charge in [0.25, 0.3) is 0 Å². The van der Waals surface area contributed by atoms with Gasteiger partial charge in [0, 0.05) is 41.3 Å². The lowest BCUT2D eigenvalue weighted by atomic mass is 10.0. The van der Waals surface area contributed by atoms with Gasteiger partial charge in [-0.25, -0.2) is 17.9 Å². The van der Waals surface area contributed by atoms with E-state index < -0.39 is 22.2 Å². The number of carboxylic acid groups (broad SMARTS) is 1. The van der Waals surface area contributed by atoms with Gasteiger partial charge in [0.05, 0.1) is 37.4 Å². The lowest BCUT2D eigenvalue weighted by Gasteiger charge is -2.39. The standard InChI is InChI=1S/C27H36Cl2N4O7S/c28-18-14-23-22(24(29)15-18)16-25(33-9-1-2-19(17-33)32-27(34)35)26(23)40-20-3-5-21(6-4-20)41(36,37)31-8-11-39-13-12-38-10-7-30/h3-6,14-15,19,25-26,31-32H,1-2,7-13,16-17,30H2,(H,34,35)/t19-,25+,26+/m1/s1. The molecule has 0 bridgehead atoms. The molecule has 1 aliphatic carbocycles. The number of hydrogen-bond donors (Lipinski definition) is 4. The maximum absolute atomic E-state index is 12.7. The van der Waals surface area contributed by atoms with E-state index in [2.05, 4.69) is 14.9 Å². The Kier molecular flexibility index (Phi) is 11.5. The van der Waals surface area contributed by atoms with Crippen molar-refractivity contribution in [2.75, 3.05) is 52.6 Å². The highest BCUT2D eigenvalue weighted by atomic mass is 35.5. The normalized spacial score (nSPS) is 21.0. The Morgan fingerprint density at radius 2 is 1.83 bits per heavy atom. The molecular weight excluding hydrogens is 595 g/mol. The number of nitrogens with two attached hydrogens (primary N) is 1. The number of fused-ring (bicyclic) bond motifs is 1. The van der Waals surface area contributed by atoms with Crippen molar-refractivity contribution in [2.45, 2.75) is 42.3 Å². The van der Waals surface area contributed by atoms with Crippen LogP contribution in [0.2, 0.25) is 10.0 Å². The van der Waals surface area contributed by atoms with Crippen molar-refractivity contribution in [1.82, 2.24) is 14.9 Å². The number of benzene rings is 2. The van der Waals surface area contributed by atoms with E-state index in [1.165, 1.54) is 12.1 Å². The number of sulfonamides is 1. The second-order valence-electron chi connectivity index (χ2n) is 9.93. The quantitative estimate of drug-likeness (QED) is 0.231. The van der Waals surface area contributed by atoms with Crippen molar-refractivity contribution in [3.8, 4) is 5.75 Å². The summed E-state index contributed by atoms with van der Waals surface area (Å²) in [5.41, 5.74) is 7.16. The number of halogens is 2. The molecule has 2 aromatic rings. The average Bonchev–Trinajstić information content (AvgIpc) is 3.28. The van der Waals surface area contributed by atoms with Gasteiger partial charge in [-0.15, -0.1) is 0 Å². The van der Waals surface area contributed by atoms with E-state index in [1.54, 1.807) is 18.2 Å². The third-order valence-corrected chi connectivity index (χ3v) is 9.12. The molecule has 0 saturated carbocycles. The minimum atomic E-state index is -3.74. The molecule has 1 fully saturated rings. The van der Waals surface area contributed by atoms with E-state index in [9.17, 15) is 18.3 Å². The molecule has 3 atom stereocenters. The summed E-state index contributed by atoms with van der Waals surface area (Å²) in [4.78, 5) is 13.6. The summed E-state index contributed by atoms with van der Waals surface area (Å²) in [6.45, 7) is 3.29. The Labute approximate surface area is 250 Å². The fourth-order valence-electron chi connectivity index (χ4n) is 5.26. The monoisotopic (exact) mass is 630 g/mol. The zero-order chi connectivity index (χ0) is 29.4. The lowest BCUT2D eigenvalue weighted by molar-refractivity contribution is 0.0530. The van der Waals surface area contributed by atoms with Crippen LogP contribution in [-0.2, 0) is 25.9 Å². The van der Waals surface area contributed by atoms with Gasteiger partial charge in [0.2, 0.25) is 10.0 Å². The molecule has 0 aromatic heterocycles. The minimum Gasteiger partial charge on any atom is -0.484 e. The predicted octanol–water partition coefficient (Wildman–Crippen LogP) is 3.04. The Morgan fingerprint density at radius 1 is 1.10 bits per heavy atom. The number of nitrogens with one attached hydrogen (secondary N) is 2. The first kappa shape index (κ1) is 31.8. The zero-order valence-corrected chi connectivity index (χ0v) is 24.9. The van der Waals surface area contributed by atoms with Crippen molar-refractivity contribution in [3.05, 3.63) is 57.6 Å². The molecule has 1 amide bonds. The van der Waals surface area contributed by atoms with E-state index in [4.69, 9.17) is 43.1 Å². The first-order chi connectivity index (χ1) is 19.7. The molecule has 0 radical (unpaired) electrons. The Balaban J connectivity index is 1.42. The number of hydrogen-bond acceptors (Lipinski definition) is 8. The fourth-order valence-corrected chi connectivity index (χ4v) is 6.86. The molecule has 0 spiro atoms. The van der Waals surface area contributed by atoms with E-state index >= 15 is 0 Å². The number of ether oxygens (including phenoxy) is 3. The van der Waals surface area contributed by atoms with E-state index in [0.29, 0.717) is 55.1 Å². The van der Waals surface area contributed by atoms with Gasteiger partial charge in [-0.2, -0.15) is 0 Å². The lowest BCUT2D eigenvalue weighted by Crippen LogP contribution is -2.52. The molecule has 4 rings (SSSR count). The molecule has 1 heterocycles. The zero-order valence-electron chi connectivity index (χ0n) is 22.6. The van der Waals surface area contributed by atoms with E-state index in [-0.39, 0.29) is 30.1 Å². The molecule has 1 aliphatic heterocycles. The summed E-state index contributed by atoms with van der Waals surface area (Å²) in [7, 11) is -3.74. The molecule has 0 unspecified atom stereocenters. The fraction of sp³-hybridized carbons (Fsp3) is 0.519. The van der Waals surface area contributed by atoms with Crippen molar-refractivity contribution in [1.29, 1.82) is 0 Å². The van der Waals surface area contributed by atoms with Gasteiger partial charge in [-0.3, -0.25) is 4.90 Å². The highest BCUT2D eigenvalue weighted by Gasteiger charge is 2.41. The van der Waals surface area contributed by atoms with Gasteiger partial charge in [-0.1, -0.05) is 23.2 Å². The third-order valence-electron chi connectivity index (χ3n) is 7.08. The molecular formula is C27H36Cl2N4O7S. The second kappa shape index (κ2) is 14.8. The van der Waals surface area contributed by atoms with Crippen molar-refractivity contribution in [3.63, 3.8) is 0 Å². The van der Waals surface area contributed by atoms with Crippen LogP contribution in [0.3, 0.4) is 0 Å². The van der Waals surface area contributed by atoms with E-state index in [1.807, 2.05) is 6.07 Å². The maximum atomic E-state index is 12.7. The third kappa shape index (κ3) is 8.68. The molecule has 11 nitrogen and oxygen atoms in total. The molecule has 5 N–H and O–H groups in total. The van der Waals surface area contributed by atoms with Gasteiger partial charge in [0.1, 0.15) is 11.9 Å². The summed E-state index contributed by atoms with van der Waals surface area (Å²) in [6.07, 6.45) is 0.745. The highest BCUT2D eigenvalue weighted by Crippen LogP contribution is 2.43. The van der Waals surface area contributed by atoms with Crippen LogP contribution in [0, 0.1) is 0 Å². The van der Waals surface area contributed by atoms with Crippen LogP contribution in [0.15, 0.2) is 41.3 Å². The summed E-state index contributed by atoms with van der Waals surface area (Å²) in [5, 5.41) is 12.9. The van der Waals surface area contributed by atoms with Crippen molar-refractivity contribution in [2.24, 2.45) is 5.73 Å². The number of nitrogens with zero attached hydrogens (tertiary/aromatic N) is 1. The van der Waals surface area contributed by atoms with Crippen LogP contribution in [0.1, 0.15) is 30.1 Å². The van der Waals surface area contributed by atoms with Gasteiger partial charge < -0.3 is 30.4 Å². The Hall–Kier alpha value is -2.16. The Morgan fingerprint density at radius 3 is 2.54 bits per heavy atom. The first-order valence-electron chi connectivity index (χ1n) is 13.5. The van der Waals surface area contributed by atoms with Gasteiger partial charge >= 0.3 is 6.09 Å². The van der Waals surface area contributed by atoms with Crippen LogP contribution in [0.4, 0.5) is 4.79 Å². The largest absolute Gasteiger partial charge is 0.484 e. The summed E-state index contributed by atoms with van der Waals surface area (Å²) in [6, 6.07) is 9.48. The second-order valence-corrected chi connectivity index (χ2v) is 12.5. The highest BCUT2D eigenvalue weighted by molar-refractivity contribution is 7.89. The Bertz CT molecular complexity index is 1280. The number of carbonyl (C=O) groups is 1. The number of piperidine rings is 1. The maximum Gasteiger partial charge on any atom is 0.404 e. The topological polar surface area (TPSA) is 152 Å². The average molecular weight is 632 g/mol. The van der Waals surface area contributed by atoms with Crippen LogP contribution in [-0.4, -0.2) is 89.2 Å². The van der Waals surface area contributed by atoms with Crippen LogP contribution < -0.4 is 20.5 Å². The van der Waals surface area contributed by atoms with E-state index in [0.717, 1.165) is 30.5 Å². The summed E-state index contributed by atoms with van der Waals surface area (Å²) < 4.78 is 45.0. The van der Waals surface area contributed by atoms with Gasteiger partial charge in [0.15, 0.2) is 0 Å². The predicted molar refractivity (Wildman–Crippen MR) is 155 cm³/mol. The molecule has 226 valence electrons. The minimum absolute atomic E-state index is 0.101. The SMILES string of the molecule is NCCOCCOCCNS(=O)(=O)c1ccc(O[C@H]2c3cc(Cl)cc(Cl)c3C[C@@H]2N2CCC[C@@H](NC(=O)O)C2)cc1. The number of likely N-dealkylation sites (tertiary alicyclic amines) is 1. The molecule has 1 saturated heterocycles. The molecule has 41 heavy (non-hydrogen) atoms. The summed E-state index contributed by atoms with van der Waals surface area (Å²) >= 11 is 12.9. The smallest absolute Gasteiger partial charge is 0.404 e. The van der Waals surface area contributed by atoms with Crippen LogP contribution in [0.25, 0.3) is 0 Å². The summed E-state index contributed by atoms with van der Waals surface area (Å²) in [5.74, 6) is 0.487. The molecule has 14 heteroatoms. The van der Waals surface area contributed by atoms with Crippen molar-refractivity contribution < 1.29 is 32.5 Å².